The summed E-state index contributed by atoms with van der Waals surface area (Å²) in [6, 6.07) is 55.0. The summed E-state index contributed by atoms with van der Waals surface area (Å²) < 4.78 is 11.7. The van der Waals surface area contributed by atoms with Gasteiger partial charge in [-0.25, -0.2) is 0 Å². The van der Waals surface area contributed by atoms with Gasteiger partial charge in [-0.1, -0.05) is 115 Å². The second-order valence-electron chi connectivity index (χ2n) is 12.4. The van der Waals surface area contributed by atoms with Crippen LogP contribution in [0, 0.1) is 0 Å². The summed E-state index contributed by atoms with van der Waals surface area (Å²) in [5.41, 5.74) is 7.98. The van der Waals surface area contributed by atoms with E-state index in [0.717, 1.165) is 11.2 Å². The topological polar surface area (TPSA) is 18.1 Å². The first-order valence-electron chi connectivity index (χ1n) is 16.0. The molecule has 3 heterocycles. The molecule has 0 unspecified atom stereocenters. The van der Waals surface area contributed by atoms with E-state index in [1.54, 1.807) is 0 Å². The van der Waals surface area contributed by atoms with Crippen LogP contribution < -0.4 is 0 Å². The molecule has 218 valence electrons. The van der Waals surface area contributed by atoms with Crippen LogP contribution in [0.4, 0.5) is 0 Å². The number of para-hydroxylation sites is 3. The van der Waals surface area contributed by atoms with E-state index in [9.17, 15) is 0 Å². The van der Waals surface area contributed by atoms with Crippen LogP contribution in [0.5, 0.6) is 0 Å². The molecule has 0 atom stereocenters. The Labute approximate surface area is 273 Å². The van der Waals surface area contributed by atoms with Crippen molar-refractivity contribution in [3.05, 3.63) is 152 Å². The molecule has 0 N–H and O–H groups in total. The van der Waals surface area contributed by atoms with Crippen LogP contribution in [0.1, 0.15) is 0 Å². The number of aromatic nitrogens is 1. The summed E-state index contributed by atoms with van der Waals surface area (Å²) in [7, 11) is 0. The monoisotopic (exact) mass is 615 g/mol. The van der Waals surface area contributed by atoms with Crippen molar-refractivity contribution in [2.45, 2.75) is 0 Å². The third-order valence-corrected chi connectivity index (χ3v) is 11.2. The van der Waals surface area contributed by atoms with Crippen molar-refractivity contribution in [1.82, 2.24) is 4.57 Å². The van der Waals surface area contributed by atoms with Crippen LogP contribution in [0.25, 0.3) is 102 Å². The van der Waals surface area contributed by atoms with E-state index >= 15 is 0 Å². The number of furan rings is 1. The SMILES string of the molecule is c1cc(-c2cccc3c2sc2ccc4c5ccccc5c5c6ccccc6oc5c4c23)cc(-n2c3ccccc3c3ccccc32)c1. The van der Waals surface area contributed by atoms with E-state index in [4.69, 9.17) is 4.42 Å². The molecule has 0 aliphatic heterocycles. The number of hydrogen-bond donors (Lipinski definition) is 0. The Kier molecular flexibility index (Phi) is 5.02. The van der Waals surface area contributed by atoms with Gasteiger partial charge >= 0.3 is 0 Å². The minimum absolute atomic E-state index is 0.930. The molecular formula is C44H25NOS. The molecule has 0 radical (unpaired) electrons. The molecule has 0 aliphatic rings. The smallest absolute Gasteiger partial charge is 0.144 e. The third-order valence-electron chi connectivity index (χ3n) is 9.97. The van der Waals surface area contributed by atoms with Crippen molar-refractivity contribution in [3.8, 4) is 16.8 Å². The Bertz CT molecular complexity index is 3030. The highest BCUT2D eigenvalue weighted by atomic mass is 32.1. The number of hydrogen-bond acceptors (Lipinski definition) is 2. The van der Waals surface area contributed by atoms with Gasteiger partial charge in [0, 0.05) is 52.8 Å². The molecule has 11 rings (SSSR count). The number of rotatable bonds is 2. The Hall–Kier alpha value is -5.90. The first-order chi connectivity index (χ1) is 23.3. The van der Waals surface area contributed by atoms with Gasteiger partial charge in [-0.15, -0.1) is 11.3 Å². The van der Waals surface area contributed by atoms with Crippen LogP contribution in [0.3, 0.4) is 0 Å². The van der Waals surface area contributed by atoms with Gasteiger partial charge < -0.3 is 8.98 Å². The largest absolute Gasteiger partial charge is 0.455 e. The summed E-state index contributed by atoms with van der Waals surface area (Å²) in [6.07, 6.45) is 0. The molecule has 3 aromatic heterocycles. The predicted octanol–water partition coefficient (Wildman–Crippen LogP) is 13.0. The van der Waals surface area contributed by atoms with Gasteiger partial charge in [-0.3, -0.25) is 0 Å². The first kappa shape index (κ1) is 25.3. The zero-order chi connectivity index (χ0) is 30.6. The lowest BCUT2D eigenvalue weighted by atomic mass is 9.94. The Balaban J connectivity index is 1.21. The van der Waals surface area contributed by atoms with Crippen LogP contribution in [-0.4, -0.2) is 4.57 Å². The highest BCUT2D eigenvalue weighted by molar-refractivity contribution is 7.26. The molecule has 3 heteroatoms. The zero-order valence-corrected chi connectivity index (χ0v) is 26.0. The molecule has 8 aromatic carbocycles. The van der Waals surface area contributed by atoms with E-state index < -0.39 is 0 Å². The van der Waals surface area contributed by atoms with Gasteiger partial charge in [0.2, 0.25) is 0 Å². The Morgan fingerprint density at radius 1 is 0.447 bits per heavy atom. The predicted molar refractivity (Wildman–Crippen MR) is 201 cm³/mol. The molecule has 2 nitrogen and oxygen atoms in total. The molecule has 47 heavy (non-hydrogen) atoms. The highest BCUT2D eigenvalue weighted by Gasteiger charge is 2.21. The van der Waals surface area contributed by atoms with Crippen LogP contribution in [0.15, 0.2) is 156 Å². The molecule has 0 fully saturated rings. The van der Waals surface area contributed by atoms with Crippen molar-refractivity contribution in [3.63, 3.8) is 0 Å². The Morgan fingerprint density at radius 2 is 1.09 bits per heavy atom. The lowest BCUT2D eigenvalue weighted by Gasteiger charge is -2.11. The van der Waals surface area contributed by atoms with Crippen LogP contribution in [-0.2, 0) is 0 Å². The molecule has 0 bridgehead atoms. The van der Waals surface area contributed by atoms with Gasteiger partial charge in [-0.2, -0.15) is 0 Å². The van der Waals surface area contributed by atoms with Crippen LogP contribution >= 0.6 is 11.3 Å². The van der Waals surface area contributed by atoms with E-state index in [-0.39, 0.29) is 0 Å². The fraction of sp³-hybridized carbons (Fsp3) is 0. The second kappa shape index (κ2) is 9.32. The van der Waals surface area contributed by atoms with E-state index in [1.165, 1.54) is 91.1 Å². The van der Waals surface area contributed by atoms with Gasteiger partial charge in [0.1, 0.15) is 11.2 Å². The van der Waals surface area contributed by atoms with Gasteiger partial charge in [0.05, 0.1) is 11.0 Å². The maximum absolute atomic E-state index is 6.74. The van der Waals surface area contributed by atoms with Gasteiger partial charge in [-0.05, 0) is 63.7 Å². The molecule has 0 saturated carbocycles. The van der Waals surface area contributed by atoms with E-state index in [0.29, 0.717) is 0 Å². The number of nitrogens with zero attached hydrogens (tertiary/aromatic N) is 1. The second-order valence-corrected chi connectivity index (χ2v) is 13.5. The molecule has 0 aliphatic carbocycles. The molecule has 0 saturated heterocycles. The summed E-state index contributed by atoms with van der Waals surface area (Å²) >= 11 is 1.88. The lowest BCUT2D eigenvalue weighted by molar-refractivity contribution is 0.673. The quantitative estimate of drug-likeness (QED) is 0.177. The zero-order valence-electron chi connectivity index (χ0n) is 25.2. The fourth-order valence-corrected chi connectivity index (χ4v) is 9.26. The lowest BCUT2D eigenvalue weighted by Crippen LogP contribution is -1.94. The minimum Gasteiger partial charge on any atom is -0.455 e. The Morgan fingerprint density at radius 3 is 1.89 bits per heavy atom. The van der Waals surface area contributed by atoms with Crippen molar-refractivity contribution in [2.75, 3.05) is 0 Å². The number of benzene rings is 8. The van der Waals surface area contributed by atoms with Crippen molar-refractivity contribution in [1.29, 1.82) is 0 Å². The molecular weight excluding hydrogens is 591 g/mol. The fourth-order valence-electron chi connectivity index (χ4n) is 8.02. The van der Waals surface area contributed by atoms with Crippen molar-refractivity contribution in [2.24, 2.45) is 0 Å². The summed E-state index contributed by atoms with van der Waals surface area (Å²) in [5, 5.41) is 12.4. The molecule has 11 aromatic rings. The average Bonchev–Trinajstić information content (AvgIpc) is 3.81. The normalized spacial score (nSPS) is 12.3. The summed E-state index contributed by atoms with van der Waals surface area (Å²) in [4.78, 5) is 0. The van der Waals surface area contributed by atoms with Gasteiger partial charge in [0.25, 0.3) is 0 Å². The number of fused-ring (bicyclic) bond motifs is 15. The van der Waals surface area contributed by atoms with E-state index in [1.807, 2.05) is 11.3 Å². The highest BCUT2D eigenvalue weighted by Crippen LogP contribution is 2.48. The minimum atomic E-state index is 0.930. The maximum Gasteiger partial charge on any atom is 0.144 e. The molecule has 0 amide bonds. The van der Waals surface area contributed by atoms with E-state index in [2.05, 4.69) is 156 Å². The summed E-state index contributed by atoms with van der Waals surface area (Å²) in [6.45, 7) is 0. The summed E-state index contributed by atoms with van der Waals surface area (Å²) in [5.74, 6) is 0. The third kappa shape index (κ3) is 3.39. The van der Waals surface area contributed by atoms with Crippen LogP contribution in [0.2, 0.25) is 0 Å². The standard InChI is InChI=1S/C44H25NOS/c1-2-16-32-29(13-1)33-23-24-39-41(42(33)43-40(32)34-17-5-8-22-38(34)46-43)35-19-10-18-28(44(35)47-39)26-11-9-12-27(25-26)45-36-20-6-3-14-30(36)31-15-4-7-21-37(31)45/h1-25H. The average molecular weight is 616 g/mol. The first-order valence-corrected chi connectivity index (χ1v) is 16.8. The van der Waals surface area contributed by atoms with Crippen molar-refractivity contribution < 1.29 is 4.42 Å². The van der Waals surface area contributed by atoms with Gasteiger partial charge in [0.15, 0.2) is 0 Å². The molecule has 0 spiro atoms. The van der Waals surface area contributed by atoms with Crippen molar-refractivity contribution >= 4 is 96.8 Å². The number of thiophene rings is 1. The maximum atomic E-state index is 6.74.